The predicted octanol–water partition coefficient (Wildman–Crippen LogP) is 4.49. The number of likely N-dealkylation sites (tertiary alicyclic amines) is 1. The van der Waals surface area contributed by atoms with Crippen molar-refractivity contribution in [3.63, 3.8) is 0 Å². The number of carbonyl (C=O) groups excluding carboxylic acids is 1. The highest BCUT2D eigenvalue weighted by atomic mass is 35.5. The molecule has 0 aliphatic carbocycles. The van der Waals surface area contributed by atoms with Crippen molar-refractivity contribution in [2.75, 3.05) is 13.1 Å². The summed E-state index contributed by atoms with van der Waals surface area (Å²) in [6, 6.07) is 13.1. The fourth-order valence-electron chi connectivity index (χ4n) is 3.45. The van der Waals surface area contributed by atoms with Gasteiger partial charge in [-0.3, -0.25) is 0 Å². The molecule has 1 atom stereocenters. The molecule has 7 heteroatoms. The van der Waals surface area contributed by atoms with Gasteiger partial charge < -0.3 is 9.64 Å². The number of carbonyl (C=O) groups is 1. The van der Waals surface area contributed by atoms with Crippen molar-refractivity contribution < 1.29 is 13.9 Å². The Hall–Kier alpha value is -2.60. The van der Waals surface area contributed by atoms with E-state index >= 15 is 0 Å². The van der Waals surface area contributed by atoms with Crippen LogP contribution in [0.3, 0.4) is 0 Å². The molecule has 27 heavy (non-hydrogen) atoms. The lowest BCUT2D eigenvalue weighted by Crippen LogP contribution is -2.66. The number of ether oxygens (including phenoxy) is 1. The van der Waals surface area contributed by atoms with E-state index in [1.54, 1.807) is 23.2 Å². The Balaban J connectivity index is 1.39. The van der Waals surface area contributed by atoms with Gasteiger partial charge in [-0.1, -0.05) is 23.7 Å². The molecule has 1 fully saturated rings. The van der Waals surface area contributed by atoms with Crippen LogP contribution in [0.15, 0.2) is 53.6 Å². The van der Waals surface area contributed by atoms with Crippen LogP contribution >= 0.6 is 11.6 Å². The zero-order valence-corrected chi connectivity index (χ0v) is 15.6. The minimum absolute atomic E-state index is 0.125. The van der Waals surface area contributed by atoms with Crippen LogP contribution in [0, 0.1) is 5.82 Å². The first-order chi connectivity index (χ1) is 12.9. The lowest BCUT2D eigenvalue weighted by molar-refractivity contribution is -0.0482. The van der Waals surface area contributed by atoms with E-state index in [2.05, 4.69) is 5.10 Å². The molecule has 0 radical (unpaired) electrons. The highest BCUT2D eigenvalue weighted by molar-refractivity contribution is 6.30. The van der Waals surface area contributed by atoms with Gasteiger partial charge in [0.15, 0.2) is 0 Å². The second kappa shape index (κ2) is 6.85. The maximum absolute atomic E-state index is 13.0. The van der Waals surface area contributed by atoms with Crippen LogP contribution in [0.2, 0.25) is 5.02 Å². The van der Waals surface area contributed by atoms with Crippen LogP contribution in [-0.2, 0) is 0 Å². The molecule has 2 aromatic carbocycles. The number of halogens is 2. The molecule has 0 bridgehead atoms. The molecule has 2 amide bonds. The zero-order valence-electron chi connectivity index (χ0n) is 14.8. The Morgan fingerprint density at radius 2 is 1.85 bits per heavy atom. The molecular formula is C20H19ClFN3O2. The second-order valence-electron chi connectivity index (χ2n) is 7.09. The molecule has 4 rings (SSSR count). The maximum atomic E-state index is 13.0. The molecular weight excluding hydrogens is 369 g/mol. The summed E-state index contributed by atoms with van der Waals surface area (Å²) in [6.07, 6.45) is 2.43. The standard InChI is InChI=1S/C20H19ClFN3O2/c1-20(27-17-8-6-16(22)7-9-17)12-24(13-20)19(26)25-18(10-11-23-25)14-2-4-15(21)5-3-14/h2-9,11,18H,10,12-13H2,1H3. The van der Waals surface area contributed by atoms with Gasteiger partial charge in [-0.05, 0) is 48.9 Å². The average Bonchev–Trinajstić information content (AvgIpc) is 3.11. The quantitative estimate of drug-likeness (QED) is 0.779. The van der Waals surface area contributed by atoms with Crippen molar-refractivity contribution >= 4 is 23.8 Å². The SMILES string of the molecule is CC1(Oc2ccc(F)cc2)CN(C(=O)N2N=CCC2c2ccc(Cl)cc2)C1. The summed E-state index contributed by atoms with van der Waals surface area (Å²) in [4.78, 5) is 14.6. The molecule has 0 spiro atoms. The Morgan fingerprint density at radius 3 is 2.52 bits per heavy atom. The fourth-order valence-corrected chi connectivity index (χ4v) is 3.58. The Morgan fingerprint density at radius 1 is 1.19 bits per heavy atom. The first-order valence-electron chi connectivity index (χ1n) is 8.74. The van der Waals surface area contributed by atoms with Crippen LogP contribution in [0.5, 0.6) is 5.75 Å². The minimum atomic E-state index is -0.493. The summed E-state index contributed by atoms with van der Waals surface area (Å²) in [5, 5.41) is 6.44. The summed E-state index contributed by atoms with van der Waals surface area (Å²) in [5.41, 5.74) is 0.503. The maximum Gasteiger partial charge on any atom is 0.341 e. The zero-order chi connectivity index (χ0) is 19.0. The van der Waals surface area contributed by atoms with Gasteiger partial charge in [0.05, 0.1) is 19.1 Å². The molecule has 0 aromatic heterocycles. The van der Waals surface area contributed by atoms with Crippen molar-refractivity contribution in [1.29, 1.82) is 0 Å². The van der Waals surface area contributed by atoms with Gasteiger partial charge in [0, 0.05) is 17.7 Å². The van der Waals surface area contributed by atoms with Crippen molar-refractivity contribution in [3.05, 3.63) is 64.9 Å². The first kappa shape index (κ1) is 17.8. The number of benzene rings is 2. The van der Waals surface area contributed by atoms with Crippen LogP contribution in [0.4, 0.5) is 9.18 Å². The largest absolute Gasteiger partial charge is 0.484 e. The molecule has 2 aliphatic rings. The van der Waals surface area contributed by atoms with E-state index in [1.165, 1.54) is 17.1 Å². The summed E-state index contributed by atoms with van der Waals surface area (Å²) in [7, 11) is 0. The number of amides is 2. The summed E-state index contributed by atoms with van der Waals surface area (Å²) in [6.45, 7) is 2.83. The van der Waals surface area contributed by atoms with E-state index in [0.29, 0.717) is 30.3 Å². The highest BCUT2D eigenvalue weighted by Crippen LogP contribution is 2.33. The number of urea groups is 1. The van der Waals surface area contributed by atoms with Crippen LogP contribution in [0.25, 0.3) is 0 Å². The summed E-state index contributed by atoms with van der Waals surface area (Å²) < 4.78 is 18.9. The van der Waals surface area contributed by atoms with E-state index in [-0.39, 0.29) is 17.9 Å². The Bertz CT molecular complexity index is 864. The molecule has 5 nitrogen and oxygen atoms in total. The predicted molar refractivity (Wildman–Crippen MR) is 102 cm³/mol. The average molecular weight is 388 g/mol. The molecule has 2 heterocycles. The van der Waals surface area contributed by atoms with Crippen molar-refractivity contribution in [2.24, 2.45) is 5.10 Å². The molecule has 0 saturated carbocycles. The Kier molecular flexibility index (Phi) is 4.52. The second-order valence-corrected chi connectivity index (χ2v) is 7.53. The topological polar surface area (TPSA) is 45.1 Å². The van der Waals surface area contributed by atoms with E-state index in [4.69, 9.17) is 16.3 Å². The van der Waals surface area contributed by atoms with Gasteiger partial charge in [-0.25, -0.2) is 14.2 Å². The van der Waals surface area contributed by atoms with E-state index in [0.717, 1.165) is 5.56 Å². The molecule has 0 N–H and O–H groups in total. The number of hydrogen-bond donors (Lipinski definition) is 0. The number of nitrogens with zero attached hydrogens (tertiary/aromatic N) is 3. The van der Waals surface area contributed by atoms with Gasteiger partial charge in [-0.2, -0.15) is 5.10 Å². The van der Waals surface area contributed by atoms with Gasteiger partial charge in [0.2, 0.25) is 0 Å². The van der Waals surface area contributed by atoms with Gasteiger partial charge in [0.1, 0.15) is 17.2 Å². The van der Waals surface area contributed by atoms with E-state index in [9.17, 15) is 9.18 Å². The number of hydrogen-bond acceptors (Lipinski definition) is 3. The lowest BCUT2D eigenvalue weighted by Gasteiger charge is -2.48. The van der Waals surface area contributed by atoms with Gasteiger partial charge in [0.25, 0.3) is 0 Å². The Labute approximate surface area is 162 Å². The van der Waals surface area contributed by atoms with Gasteiger partial charge in [-0.15, -0.1) is 0 Å². The molecule has 1 unspecified atom stereocenters. The van der Waals surface area contributed by atoms with E-state index in [1.807, 2.05) is 31.2 Å². The molecule has 2 aromatic rings. The molecule has 1 saturated heterocycles. The van der Waals surface area contributed by atoms with Crippen molar-refractivity contribution in [3.8, 4) is 5.75 Å². The lowest BCUT2D eigenvalue weighted by atomic mass is 9.96. The molecule has 140 valence electrons. The van der Waals surface area contributed by atoms with Crippen LogP contribution in [0.1, 0.15) is 24.9 Å². The van der Waals surface area contributed by atoms with Crippen LogP contribution < -0.4 is 4.74 Å². The summed E-state index contributed by atoms with van der Waals surface area (Å²) >= 11 is 5.95. The normalized spacial score (nSPS) is 20.5. The monoisotopic (exact) mass is 387 g/mol. The summed E-state index contributed by atoms with van der Waals surface area (Å²) in [5.74, 6) is 0.280. The van der Waals surface area contributed by atoms with Gasteiger partial charge >= 0.3 is 6.03 Å². The van der Waals surface area contributed by atoms with E-state index < -0.39 is 5.60 Å². The third-order valence-corrected chi connectivity index (χ3v) is 5.03. The number of rotatable bonds is 3. The fraction of sp³-hybridized carbons (Fsp3) is 0.300. The van der Waals surface area contributed by atoms with Crippen molar-refractivity contribution in [2.45, 2.75) is 25.0 Å². The smallest absolute Gasteiger partial charge is 0.341 e. The highest BCUT2D eigenvalue weighted by Gasteiger charge is 2.46. The van der Waals surface area contributed by atoms with Crippen LogP contribution in [-0.4, -0.2) is 40.8 Å². The first-order valence-corrected chi connectivity index (χ1v) is 9.12. The third-order valence-electron chi connectivity index (χ3n) is 4.78. The number of hydrazone groups is 1. The third kappa shape index (κ3) is 3.62. The van der Waals surface area contributed by atoms with Crippen molar-refractivity contribution in [1.82, 2.24) is 9.91 Å². The molecule has 2 aliphatic heterocycles. The minimum Gasteiger partial charge on any atom is -0.484 e.